The van der Waals surface area contributed by atoms with Gasteiger partial charge in [-0.05, 0) is 19.9 Å². The lowest BCUT2D eigenvalue weighted by Gasteiger charge is -2.12. The second kappa shape index (κ2) is 4.31. The van der Waals surface area contributed by atoms with Crippen LogP contribution in [-0.2, 0) is 6.54 Å². The van der Waals surface area contributed by atoms with E-state index in [0.29, 0.717) is 27.8 Å². The molecule has 3 nitrogen and oxygen atoms in total. The number of aryl methyl sites for hydroxylation is 1. The molecule has 0 amide bonds. The van der Waals surface area contributed by atoms with Crippen molar-refractivity contribution >= 4 is 16.5 Å². The van der Waals surface area contributed by atoms with Crippen LogP contribution in [-0.4, -0.2) is 15.7 Å². The van der Waals surface area contributed by atoms with E-state index < -0.39 is 12.7 Å². The van der Waals surface area contributed by atoms with Crippen LogP contribution in [0.5, 0.6) is 0 Å². The summed E-state index contributed by atoms with van der Waals surface area (Å²) in [6.45, 7) is 2.33. The zero-order valence-electron chi connectivity index (χ0n) is 9.88. The summed E-state index contributed by atoms with van der Waals surface area (Å²) in [5.41, 5.74) is 7.97. The summed E-state index contributed by atoms with van der Waals surface area (Å²) in [7, 11) is 0. The molecule has 2 aromatic rings. The average molecular weight is 275 g/mol. The molecule has 0 saturated carbocycles. The van der Waals surface area contributed by atoms with Crippen LogP contribution in [0.2, 0.25) is 0 Å². The predicted octanol–water partition coefficient (Wildman–Crippen LogP) is 3.37. The molecule has 2 aromatic heterocycles. The van der Waals surface area contributed by atoms with Gasteiger partial charge in [-0.15, -0.1) is 11.3 Å². The normalized spacial score (nSPS) is 12.1. The molecule has 2 rings (SSSR count). The molecule has 98 valence electrons. The minimum absolute atomic E-state index is 0.408. The summed E-state index contributed by atoms with van der Waals surface area (Å²) in [4.78, 5) is 4.09. The quantitative estimate of drug-likeness (QED) is 0.913. The van der Waals surface area contributed by atoms with Gasteiger partial charge in [-0.1, -0.05) is 0 Å². The third-order valence-corrected chi connectivity index (χ3v) is 3.38. The fraction of sp³-hybridized carbons (Fsp3) is 0.364. The number of nitrogen functional groups attached to an aromatic ring is 1. The lowest BCUT2D eigenvalue weighted by Crippen LogP contribution is -2.19. The van der Waals surface area contributed by atoms with Gasteiger partial charge in [-0.3, -0.25) is 0 Å². The molecular weight excluding hydrogens is 263 g/mol. The highest BCUT2D eigenvalue weighted by Crippen LogP contribution is 2.30. The molecule has 0 saturated heterocycles. The van der Waals surface area contributed by atoms with Gasteiger partial charge in [0.05, 0.1) is 5.69 Å². The zero-order chi connectivity index (χ0) is 13.5. The van der Waals surface area contributed by atoms with E-state index in [0.717, 1.165) is 0 Å². The van der Waals surface area contributed by atoms with Crippen molar-refractivity contribution in [2.24, 2.45) is 0 Å². The standard InChI is InChI=1S/C11H12F3N3S/c1-6-3-8(9-4-18-10(15)16-9)7(2)17(6)5-11(12,13)14/h3-4H,5H2,1-2H3,(H2,15,16). The molecule has 0 aliphatic carbocycles. The van der Waals surface area contributed by atoms with Crippen molar-refractivity contribution in [3.63, 3.8) is 0 Å². The van der Waals surface area contributed by atoms with Gasteiger partial charge < -0.3 is 10.3 Å². The largest absolute Gasteiger partial charge is 0.406 e. The number of hydrogen-bond acceptors (Lipinski definition) is 3. The first-order chi connectivity index (χ1) is 8.28. The number of halogens is 3. The predicted molar refractivity (Wildman–Crippen MR) is 65.5 cm³/mol. The molecule has 2 N–H and O–H groups in total. The van der Waals surface area contributed by atoms with Crippen molar-refractivity contribution in [2.75, 3.05) is 5.73 Å². The second-order valence-corrected chi connectivity index (χ2v) is 4.95. The highest BCUT2D eigenvalue weighted by atomic mass is 32.1. The summed E-state index contributed by atoms with van der Waals surface area (Å²) < 4.78 is 38.6. The Labute approximate surface area is 106 Å². The van der Waals surface area contributed by atoms with Gasteiger partial charge in [0, 0.05) is 22.3 Å². The van der Waals surface area contributed by atoms with Gasteiger partial charge >= 0.3 is 6.18 Å². The molecule has 0 bridgehead atoms. The molecule has 0 radical (unpaired) electrons. The minimum atomic E-state index is -4.23. The smallest absolute Gasteiger partial charge is 0.375 e. The van der Waals surface area contributed by atoms with Gasteiger partial charge in [0.25, 0.3) is 0 Å². The number of aromatic nitrogens is 2. The van der Waals surface area contributed by atoms with Crippen LogP contribution < -0.4 is 5.73 Å². The van der Waals surface area contributed by atoms with E-state index in [4.69, 9.17) is 5.73 Å². The zero-order valence-corrected chi connectivity index (χ0v) is 10.7. The Morgan fingerprint density at radius 3 is 2.56 bits per heavy atom. The first-order valence-corrected chi connectivity index (χ1v) is 6.11. The van der Waals surface area contributed by atoms with E-state index in [-0.39, 0.29) is 0 Å². The lowest BCUT2D eigenvalue weighted by atomic mass is 10.2. The number of thiazole rings is 1. The van der Waals surface area contributed by atoms with Gasteiger partial charge in [0.15, 0.2) is 5.13 Å². The third-order valence-electron chi connectivity index (χ3n) is 2.71. The Morgan fingerprint density at radius 2 is 2.06 bits per heavy atom. The summed E-state index contributed by atoms with van der Waals surface area (Å²) >= 11 is 1.27. The van der Waals surface area contributed by atoms with Crippen LogP contribution in [0.4, 0.5) is 18.3 Å². The first-order valence-electron chi connectivity index (χ1n) is 5.23. The lowest BCUT2D eigenvalue weighted by molar-refractivity contribution is -0.141. The number of hydrogen-bond donors (Lipinski definition) is 1. The fourth-order valence-electron chi connectivity index (χ4n) is 1.89. The SMILES string of the molecule is Cc1cc(-c2csc(N)n2)c(C)n1CC(F)(F)F. The Kier molecular flexibility index (Phi) is 3.10. The van der Waals surface area contributed by atoms with Gasteiger partial charge in [-0.25, -0.2) is 4.98 Å². The first kappa shape index (κ1) is 12.9. The molecule has 2 heterocycles. The van der Waals surface area contributed by atoms with Gasteiger partial charge in [0.1, 0.15) is 6.54 Å². The molecule has 0 fully saturated rings. The molecule has 0 aliphatic heterocycles. The molecule has 7 heteroatoms. The Hall–Kier alpha value is -1.50. The molecule has 0 spiro atoms. The third kappa shape index (κ3) is 2.50. The Morgan fingerprint density at radius 1 is 1.39 bits per heavy atom. The van der Waals surface area contributed by atoms with Crippen LogP contribution in [0.3, 0.4) is 0 Å². The van der Waals surface area contributed by atoms with Crippen molar-refractivity contribution in [1.82, 2.24) is 9.55 Å². The summed E-state index contributed by atoms with van der Waals surface area (Å²) in [5.74, 6) is 0. The van der Waals surface area contributed by atoms with Crippen LogP contribution in [0.25, 0.3) is 11.3 Å². The summed E-state index contributed by atoms with van der Waals surface area (Å²) in [5, 5.41) is 2.15. The average Bonchev–Trinajstić information content (AvgIpc) is 2.75. The fourth-order valence-corrected chi connectivity index (χ4v) is 2.46. The molecular formula is C11H12F3N3S. The number of rotatable bonds is 2. The van der Waals surface area contributed by atoms with Crippen LogP contribution in [0.1, 0.15) is 11.4 Å². The van der Waals surface area contributed by atoms with E-state index in [1.54, 1.807) is 25.3 Å². The highest BCUT2D eigenvalue weighted by molar-refractivity contribution is 7.13. The maximum Gasteiger partial charge on any atom is 0.406 e. The van der Waals surface area contributed by atoms with E-state index in [2.05, 4.69) is 4.98 Å². The van der Waals surface area contributed by atoms with Crippen molar-refractivity contribution in [3.8, 4) is 11.3 Å². The van der Waals surface area contributed by atoms with Crippen molar-refractivity contribution in [2.45, 2.75) is 26.6 Å². The van der Waals surface area contributed by atoms with Gasteiger partial charge in [-0.2, -0.15) is 13.2 Å². The molecule has 0 aliphatic rings. The van der Waals surface area contributed by atoms with Gasteiger partial charge in [0.2, 0.25) is 0 Å². The molecule has 18 heavy (non-hydrogen) atoms. The maximum atomic E-state index is 12.5. The molecule has 0 atom stereocenters. The van der Waals surface area contributed by atoms with Crippen LogP contribution in [0, 0.1) is 13.8 Å². The number of nitrogens with zero attached hydrogens (tertiary/aromatic N) is 2. The minimum Gasteiger partial charge on any atom is -0.375 e. The molecule has 0 unspecified atom stereocenters. The second-order valence-electron chi connectivity index (χ2n) is 4.06. The number of alkyl halides is 3. The topological polar surface area (TPSA) is 43.8 Å². The summed E-state index contributed by atoms with van der Waals surface area (Å²) in [6.07, 6.45) is -4.23. The number of anilines is 1. The van der Waals surface area contributed by atoms with Crippen molar-refractivity contribution in [1.29, 1.82) is 0 Å². The Bertz CT molecular complexity index is 569. The van der Waals surface area contributed by atoms with Crippen molar-refractivity contribution in [3.05, 3.63) is 22.8 Å². The molecule has 0 aromatic carbocycles. The van der Waals surface area contributed by atoms with E-state index in [1.807, 2.05) is 0 Å². The Balaban J connectivity index is 2.44. The summed E-state index contributed by atoms with van der Waals surface area (Å²) in [6, 6.07) is 1.70. The van der Waals surface area contributed by atoms with E-state index in [9.17, 15) is 13.2 Å². The highest BCUT2D eigenvalue weighted by Gasteiger charge is 2.29. The number of nitrogens with two attached hydrogens (primary N) is 1. The van der Waals surface area contributed by atoms with E-state index in [1.165, 1.54) is 15.9 Å². The van der Waals surface area contributed by atoms with E-state index >= 15 is 0 Å². The van der Waals surface area contributed by atoms with Crippen molar-refractivity contribution < 1.29 is 13.2 Å². The van der Waals surface area contributed by atoms with Crippen LogP contribution in [0.15, 0.2) is 11.4 Å². The van der Waals surface area contributed by atoms with Crippen LogP contribution >= 0.6 is 11.3 Å². The maximum absolute atomic E-state index is 12.5. The monoisotopic (exact) mass is 275 g/mol.